The van der Waals surface area contributed by atoms with Crippen molar-refractivity contribution >= 4 is 40.0 Å². The van der Waals surface area contributed by atoms with Gasteiger partial charge >= 0.3 is 0 Å². The third-order valence-corrected chi connectivity index (χ3v) is 6.47. The van der Waals surface area contributed by atoms with Crippen molar-refractivity contribution in [1.82, 2.24) is 10.7 Å². The van der Waals surface area contributed by atoms with Crippen LogP contribution in [0, 0.1) is 13.8 Å². The Hall–Kier alpha value is -4.31. The van der Waals surface area contributed by atoms with E-state index in [0.717, 1.165) is 0 Å². The summed E-state index contributed by atoms with van der Waals surface area (Å²) in [7, 11) is 0. The summed E-state index contributed by atoms with van der Waals surface area (Å²) in [4.78, 5) is 25.8. The topological polar surface area (TPSA) is 129 Å². The predicted molar refractivity (Wildman–Crippen MR) is 137 cm³/mol. The van der Waals surface area contributed by atoms with Crippen LogP contribution in [0.2, 0.25) is 0 Å². The molecule has 0 atom stereocenters. The molecule has 0 spiro atoms. The third kappa shape index (κ3) is 5.18. The van der Waals surface area contributed by atoms with Crippen molar-refractivity contribution in [2.75, 3.05) is 6.79 Å². The molecule has 0 aliphatic carbocycles. The third-order valence-electron chi connectivity index (χ3n) is 5.50. The normalized spacial score (nSPS) is 12.6. The Balaban J connectivity index is 1.61. The summed E-state index contributed by atoms with van der Waals surface area (Å²) < 4.78 is 11.1. The van der Waals surface area contributed by atoms with Crippen LogP contribution < -0.4 is 20.2 Å². The van der Waals surface area contributed by atoms with E-state index >= 15 is 0 Å². The molecule has 1 aliphatic heterocycles. The lowest BCUT2D eigenvalue weighted by molar-refractivity contribution is -0.117. The van der Waals surface area contributed by atoms with Crippen LogP contribution >= 0.6 is 15.9 Å². The number of aromatic hydroxyl groups is 2. The standard InChI is InChI=1S/C26H22BrN3O6/c1-14-18(23(31)15(2)24(32)22(14)27)12-28-30-26(34)19(29-25(33)17-6-4-3-5-7-17)10-16-8-9-20-21(11-16)36-13-35-20/h3-12,31-32H,13H2,1-2H3,(H,29,33)(H,30,34)/b19-10?,28-12+. The zero-order valence-electron chi connectivity index (χ0n) is 19.3. The second-order valence-electron chi connectivity index (χ2n) is 7.86. The van der Waals surface area contributed by atoms with Crippen LogP contribution in [0.15, 0.2) is 63.8 Å². The fraction of sp³-hybridized carbons (Fsp3) is 0.115. The molecule has 0 saturated carbocycles. The van der Waals surface area contributed by atoms with Crippen LogP contribution in [0.4, 0.5) is 0 Å². The molecule has 3 aromatic rings. The molecule has 0 unspecified atom stereocenters. The summed E-state index contributed by atoms with van der Waals surface area (Å²) in [6.07, 6.45) is 2.74. The number of phenolic OH excluding ortho intramolecular Hbond substituents is 2. The van der Waals surface area contributed by atoms with Crippen molar-refractivity contribution < 1.29 is 29.3 Å². The van der Waals surface area contributed by atoms with Gasteiger partial charge < -0.3 is 25.0 Å². The van der Waals surface area contributed by atoms with Gasteiger partial charge in [-0.3, -0.25) is 9.59 Å². The lowest BCUT2D eigenvalue weighted by atomic mass is 10.0. The highest BCUT2D eigenvalue weighted by Gasteiger charge is 2.18. The molecule has 10 heteroatoms. The monoisotopic (exact) mass is 551 g/mol. The van der Waals surface area contributed by atoms with Crippen LogP contribution in [0.1, 0.15) is 32.6 Å². The van der Waals surface area contributed by atoms with Gasteiger partial charge in [-0.1, -0.05) is 24.3 Å². The minimum absolute atomic E-state index is 0.0659. The molecule has 0 radical (unpaired) electrons. The van der Waals surface area contributed by atoms with Crippen molar-refractivity contribution in [3.8, 4) is 23.0 Å². The Labute approximate surface area is 215 Å². The lowest BCUT2D eigenvalue weighted by Crippen LogP contribution is -2.32. The quantitative estimate of drug-likeness (QED) is 0.207. The van der Waals surface area contributed by atoms with Crippen molar-refractivity contribution in [2.24, 2.45) is 5.10 Å². The van der Waals surface area contributed by atoms with Gasteiger partial charge in [-0.05, 0) is 71.2 Å². The van der Waals surface area contributed by atoms with Gasteiger partial charge in [0.2, 0.25) is 6.79 Å². The van der Waals surface area contributed by atoms with Gasteiger partial charge in [-0.15, -0.1) is 0 Å². The average Bonchev–Trinajstić information content (AvgIpc) is 3.36. The second-order valence-corrected chi connectivity index (χ2v) is 8.66. The second kappa shape index (κ2) is 10.5. The highest BCUT2D eigenvalue weighted by Crippen LogP contribution is 2.39. The van der Waals surface area contributed by atoms with E-state index in [-0.39, 0.29) is 29.6 Å². The van der Waals surface area contributed by atoms with E-state index in [1.165, 1.54) is 12.3 Å². The first-order valence-corrected chi connectivity index (χ1v) is 11.6. The fourth-order valence-electron chi connectivity index (χ4n) is 3.44. The minimum atomic E-state index is -0.695. The summed E-state index contributed by atoms with van der Waals surface area (Å²) in [5.41, 5.74) is 4.37. The summed E-state index contributed by atoms with van der Waals surface area (Å²) in [6, 6.07) is 13.6. The molecular formula is C26H22BrN3O6. The summed E-state index contributed by atoms with van der Waals surface area (Å²) in [5, 5.41) is 27.0. The maximum absolute atomic E-state index is 13.0. The molecule has 9 nitrogen and oxygen atoms in total. The number of rotatable bonds is 6. The van der Waals surface area contributed by atoms with Gasteiger partial charge in [-0.2, -0.15) is 5.10 Å². The first-order chi connectivity index (χ1) is 17.3. The Kier molecular flexibility index (Phi) is 7.25. The molecule has 2 amide bonds. The molecule has 4 N–H and O–H groups in total. The van der Waals surface area contributed by atoms with E-state index in [4.69, 9.17) is 9.47 Å². The van der Waals surface area contributed by atoms with E-state index in [1.807, 2.05) is 0 Å². The largest absolute Gasteiger partial charge is 0.507 e. The number of nitrogens with zero attached hydrogens (tertiary/aromatic N) is 1. The average molecular weight is 552 g/mol. The van der Waals surface area contributed by atoms with E-state index in [1.54, 1.807) is 62.4 Å². The molecule has 3 aromatic carbocycles. The predicted octanol–water partition coefficient (Wildman–Crippen LogP) is 4.13. The first kappa shape index (κ1) is 24.8. The molecule has 1 heterocycles. The van der Waals surface area contributed by atoms with Gasteiger partial charge in [0.25, 0.3) is 11.8 Å². The summed E-state index contributed by atoms with van der Waals surface area (Å²) in [5.74, 6) is -0.312. The number of carbonyl (C=O) groups excluding carboxylic acids is 2. The molecule has 184 valence electrons. The zero-order chi connectivity index (χ0) is 25.8. The van der Waals surface area contributed by atoms with Gasteiger partial charge in [0.1, 0.15) is 17.2 Å². The van der Waals surface area contributed by atoms with E-state index < -0.39 is 11.8 Å². The van der Waals surface area contributed by atoms with Gasteiger partial charge in [0.15, 0.2) is 11.5 Å². The number of hydrogen-bond donors (Lipinski definition) is 4. The summed E-state index contributed by atoms with van der Waals surface area (Å²) >= 11 is 3.28. The number of hydrogen-bond acceptors (Lipinski definition) is 7. The highest BCUT2D eigenvalue weighted by molar-refractivity contribution is 9.10. The first-order valence-electron chi connectivity index (χ1n) is 10.8. The number of ether oxygens (including phenoxy) is 2. The maximum Gasteiger partial charge on any atom is 0.287 e. The van der Waals surface area contributed by atoms with Crippen molar-refractivity contribution in [1.29, 1.82) is 0 Å². The van der Waals surface area contributed by atoms with Gasteiger partial charge in [0, 0.05) is 16.7 Å². The van der Waals surface area contributed by atoms with Gasteiger partial charge in [-0.25, -0.2) is 5.43 Å². The summed E-state index contributed by atoms with van der Waals surface area (Å²) in [6.45, 7) is 3.34. The maximum atomic E-state index is 13.0. The Bertz CT molecular complexity index is 1370. The number of phenols is 2. The Morgan fingerprint density at radius 3 is 2.47 bits per heavy atom. The molecule has 0 fully saturated rings. The van der Waals surface area contributed by atoms with E-state index in [9.17, 15) is 19.8 Å². The number of hydrazone groups is 1. The molecule has 0 aromatic heterocycles. The number of halogens is 1. The number of benzene rings is 3. The van der Waals surface area contributed by atoms with Crippen LogP contribution in [0.5, 0.6) is 23.0 Å². The number of amides is 2. The molecular weight excluding hydrogens is 530 g/mol. The SMILES string of the molecule is Cc1c(O)c(Br)c(C)c(/C=N/NC(=O)C(=Cc2ccc3c(c2)OCO3)NC(=O)c2ccccc2)c1O. The van der Waals surface area contributed by atoms with Crippen LogP contribution in [0.25, 0.3) is 6.08 Å². The molecule has 1 aliphatic rings. The molecule has 0 saturated heterocycles. The van der Waals surface area contributed by atoms with Crippen LogP contribution in [-0.4, -0.2) is 35.0 Å². The van der Waals surface area contributed by atoms with Crippen molar-refractivity contribution in [2.45, 2.75) is 13.8 Å². The molecule has 4 rings (SSSR count). The lowest BCUT2D eigenvalue weighted by Gasteiger charge is -2.12. The van der Waals surface area contributed by atoms with Crippen molar-refractivity contribution in [3.05, 3.63) is 86.5 Å². The minimum Gasteiger partial charge on any atom is -0.507 e. The Morgan fingerprint density at radius 1 is 1.00 bits per heavy atom. The number of fused-ring (bicyclic) bond motifs is 1. The molecule has 36 heavy (non-hydrogen) atoms. The van der Waals surface area contributed by atoms with Crippen LogP contribution in [0.3, 0.4) is 0 Å². The van der Waals surface area contributed by atoms with Crippen molar-refractivity contribution in [3.63, 3.8) is 0 Å². The number of nitrogens with one attached hydrogen (secondary N) is 2. The van der Waals surface area contributed by atoms with Gasteiger partial charge in [0.05, 0.1) is 10.7 Å². The highest BCUT2D eigenvalue weighted by atomic mass is 79.9. The number of carbonyl (C=O) groups is 2. The van der Waals surface area contributed by atoms with E-state index in [0.29, 0.717) is 38.2 Å². The fourth-order valence-corrected chi connectivity index (χ4v) is 3.95. The van der Waals surface area contributed by atoms with Crippen LogP contribution in [-0.2, 0) is 4.79 Å². The zero-order valence-corrected chi connectivity index (χ0v) is 20.9. The Morgan fingerprint density at radius 2 is 1.72 bits per heavy atom. The smallest absolute Gasteiger partial charge is 0.287 e. The van der Waals surface area contributed by atoms with E-state index in [2.05, 4.69) is 31.8 Å². The molecule has 0 bridgehead atoms.